The van der Waals surface area contributed by atoms with Crippen molar-refractivity contribution in [1.29, 1.82) is 0 Å². The molecule has 1 aliphatic heterocycles. The van der Waals surface area contributed by atoms with E-state index in [0.29, 0.717) is 18.2 Å². The first-order valence-electron chi connectivity index (χ1n) is 8.00. The minimum absolute atomic E-state index is 0.191. The number of sulfonamides is 1. The van der Waals surface area contributed by atoms with Gasteiger partial charge >= 0.3 is 0 Å². The van der Waals surface area contributed by atoms with Gasteiger partial charge < -0.3 is 4.74 Å². The van der Waals surface area contributed by atoms with E-state index in [1.807, 2.05) is 25.1 Å². The van der Waals surface area contributed by atoms with E-state index in [0.717, 1.165) is 17.5 Å². The third-order valence-corrected chi connectivity index (χ3v) is 6.34. The molecule has 0 unspecified atom stereocenters. The Morgan fingerprint density at radius 1 is 1.29 bits per heavy atom. The first-order valence-corrected chi connectivity index (χ1v) is 9.44. The molecule has 0 radical (unpaired) electrons. The average Bonchev–Trinajstić information content (AvgIpc) is 2.98. The third-order valence-electron chi connectivity index (χ3n) is 4.44. The van der Waals surface area contributed by atoms with Crippen molar-refractivity contribution in [2.75, 3.05) is 13.7 Å². The maximum Gasteiger partial charge on any atom is 0.247 e. The number of nitrogens with zero attached hydrogens (tertiary/aromatic N) is 2. The number of methoxy groups -OCH3 is 1. The van der Waals surface area contributed by atoms with E-state index >= 15 is 0 Å². The third kappa shape index (κ3) is 3.03. The van der Waals surface area contributed by atoms with Gasteiger partial charge in [0.15, 0.2) is 0 Å². The molecular weight excluding hydrogens is 324 g/mol. The van der Waals surface area contributed by atoms with Crippen LogP contribution in [0.1, 0.15) is 30.5 Å². The summed E-state index contributed by atoms with van der Waals surface area (Å²) >= 11 is 0. The van der Waals surface area contributed by atoms with Crippen molar-refractivity contribution in [2.45, 2.75) is 31.2 Å². The van der Waals surface area contributed by atoms with Gasteiger partial charge in [0.2, 0.25) is 10.0 Å². The van der Waals surface area contributed by atoms with Crippen LogP contribution >= 0.6 is 0 Å². The Hall–Kier alpha value is -1.92. The van der Waals surface area contributed by atoms with Gasteiger partial charge in [0.25, 0.3) is 0 Å². The molecule has 2 atom stereocenters. The van der Waals surface area contributed by atoms with Crippen molar-refractivity contribution < 1.29 is 13.2 Å². The predicted octanol–water partition coefficient (Wildman–Crippen LogP) is 3.17. The van der Waals surface area contributed by atoms with Gasteiger partial charge in [0, 0.05) is 18.9 Å². The molecule has 1 saturated heterocycles. The lowest BCUT2D eigenvalue weighted by Gasteiger charge is -2.25. The summed E-state index contributed by atoms with van der Waals surface area (Å²) in [4.78, 5) is 4.37. The molecule has 3 rings (SSSR count). The van der Waals surface area contributed by atoms with Crippen LogP contribution in [0.15, 0.2) is 47.6 Å². The van der Waals surface area contributed by atoms with E-state index in [1.54, 1.807) is 28.8 Å². The Labute approximate surface area is 143 Å². The highest BCUT2D eigenvalue weighted by Crippen LogP contribution is 2.40. The Bertz CT molecular complexity index is 821. The van der Waals surface area contributed by atoms with Crippen molar-refractivity contribution in [3.8, 4) is 5.75 Å². The number of hydrogen-bond donors (Lipinski definition) is 0. The van der Waals surface area contributed by atoms with E-state index < -0.39 is 10.0 Å². The summed E-state index contributed by atoms with van der Waals surface area (Å²) in [6.45, 7) is 4.45. The fraction of sp³-hybridized carbons (Fsp3) is 0.389. The van der Waals surface area contributed by atoms with Crippen LogP contribution in [0.3, 0.4) is 0 Å². The maximum atomic E-state index is 13.3. The summed E-state index contributed by atoms with van der Waals surface area (Å²) in [7, 11) is -2.16. The Kier molecular flexibility index (Phi) is 4.60. The zero-order chi connectivity index (χ0) is 17.3. The van der Waals surface area contributed by atoms with Crippen LogP contribution in [0, 0.1) is 12.8 Å². The summed E-state index contributed by atoms with van der Waals surface area (Å²) in [5.74, 6) is 0.672. The molecule has 5 nitrogen and oxygen atoms in total. The van der Waals surface area contributed by atoms with Crippen molar-refractivity contribution in [3.63, 3.8) is 0 Å². The summed E-state index contributed by atoms with van der Waals surface area (Å²) in [5.41, 5.74) is 1.82. The van der Waals surface area contributed by atoms with Gasteiger partial charge in [0.05, 0.1) is 13.2 Å². The molecule has 0 spiro atoms. The van der Waals surface area contributed by atoms with Gasteiger partial charge in [-0.25, -0.2) is 8.42 Å². The first kappa shape index (κ1) is 16.9. The molecule has 0 N–H and O–H groups in total. The van der Waals surface area contributed by atoms with Gasteiger partial charge in [0.1, 0.15) is 10.6 Å². The number of hydrogen-bond acceptors (Lipinski definition) is 4. The molecule has 24 heavy (non-hydrogen) atoms. The van der Waals surface area contributed by atoms with Gasteiger partial charge in [-0.3, -0.25) is 4.98 Å². The first-order chi connectivity index (χ1) is 11.4. The predicted molar refractivity (Wildman–Crippen MR) is 92.4 cm³/mol. The summed E-state index contributed by atoms with van der Waals surface area (Å²) in [6, 6.07) is 8.83. The topological polar surface area (TPSA) is 59.5 Å². The van der Waals surface area contributed by atoms with E-state index in [9.17, 15) is 8.42 Å². The Morgan fingerprint density at radius 2 is 2.08 bits per heavy atom. The van der Waals surface area contributed by atoms with Crippen LogP contribution in [0.2, 0.25) is 0 Å². The van der Waals surface area contributed by atoms with Crippen LogP contribution in [-0.2, 0) is 10.0 Å². The van der Waals surface area contributed by atoms with Crippen LogP contribution in [0.5, 0.6) is 5.75 Å². The van der Waals surface area contributed by atoms with Gasteiger partial charge in [-0.2, -0.15) is 4.31 Å². The number of aromatic nitrogens is 1. The fourth-order valence-electron chi connectivity index (χ4n) is 3.26. The van der Waals surface area contributed by atoms with Crippen molar-refractivity contribution in [1.82, 2.24) is 9.29 Å². The van der Waals surface area contributed by atoms with Crippen LogP contribution in [0.4, 0.5) is 0 Å². The number of ether oxygens (including phenoxy) is 1. The second-order valence-electron chi connectivity index (χ2n) is 6.37. The Balaban J connectivity index is 2.07. The lowest BCUT2D eigenvalue weighted by molar-refractivity contribution is 0.379. The molecule has 6 heteroatoms. The number of aryl methyl sites for hydroxylation is 1. The SMILES string of the molecule is COc1ccc(C)cc1S(=O)(=O)N1C[C@H](C)C[C@H]1c1cccnc1. The van der Waals surface area contributed by atoms with Crippen molar-refractivity contribution in [2.24, 2.45) is 5.92 Å². The molecule has 0 saturated carbocycles. The highest BCUT2D eigenvalue weighted by atomic mass is 32.2. The summed E-state index contributed by atoms with van der Waals surface area (Å²) in [5, 5.41) is 0. The van der Waals surface area contributed by atoms with Gasteiger partial charge in [-0.1, -0.05) is 19.1 Å². The molecule has 1 aliphatic rings. The highest BCUT2D eigenvalue weighted by molar-refractivity contribution is 7.89. The van der Waals surface area contributed by atoms with Gasteiger partial charge in [-0.15, -0.1) is 0 Å². The molecule has 0 amide bonds. The molecule has 128 valence electrons. The molecule has 0 bridgehead atoms. The van der Waals surface area contributed by atoms with Gasteiger partial charge in [-0.05, 0) is 48.6 Å². The maximum absolute atomic E-state index is 13.3. The van der Waals surface area contributed by atoms with E-state index in [1.165, 1.54) is 7.11 Å². The molecule has 0 aliphatic carbocycles. The highest BCUT2D eigenvalue weighted by Gasteiger charge is 2.40. The molecule has 1 aromatic heterocycles. The quantitative estimate of drug-likeness (QED) is 0.853. The molecular formula is C18H22N2O3S. The average molecular weight is 346 g/mol. The van der Waals surface area contributed by atoms with Crippen LogP contribution < -0.4 is 4.74 Å². The summed E-state index contributed by atoms with van der Waals surface area (Å²) in [6.07, 6.45) is 4.24. The zero-order valence-electron chi connectivity index (χ0n) is 14.1. The second-order valence-corrected chi connectivity index (χ2v) is 8.23. The molecule has 1 aromatic carbocycles. The number of benzene rings is 1. The van der Waals surface area contributed by atoms with Crippen molar-refractivity contribution >= 4 is 10.0 Å². The zero-order valence-corrected chi connectivity index (χ0v) is 15.0. The normalized spacial score (nSPS) is 21.8. The minimum atomic E-state index is -3.65. The van der Waals surface area contributed by atoms with Crippen molar-refractivity contribution in [3.05, 3.63) is 53.9 Å². The Morgan fingerprint density at radius 3 is 2.75 bits per heavy atom. The van der Waals surface area contributed by atoms with Crippen LogP contribution in [-0.4, -0.2) is 31.4 Å². The summed E-state index contributed by atoms with van der Waals surface area (Å²) < 4.78 is 33.5. The minimum Gasteiger partial charge on any atom is -0.495 e. The fourth-order valence-corrected chi connectivity index (χ4v) is 5.25. The lowest BCUT2D eigenvalue weighted by atomic mass is 10.0. The standard InChI is InChI=1S/C18H22N2O3S/c1-13-6-7-17(23-3)18(10-13)24(21,22)20-12-14(2)9-16(20)15-5-4-8-19-11-15/h4-8,10-11,14,16H,9,12H2,1-3H3/t14-,16+/m1/s1. The van der Waals surface area contributed by atoms with E-state index in [2.05, 4.69) is 11.9 Å². The number of rotatable bonds is 4. The van der Waals surface area contributed by atoms with Crippen LogP contribution in [0.25, 0.3) is 0 Å². The monoisotopic (exact) mass is 346 g/mol. The lowest BCUT2D eigenvalue weighted by Crippen LogP contribution is -2.31. The van der Waals surface area contributed by atoms with E-state index in [4.69, 9.17) is 4.74 Å². The smallest absolute Gasteiger partial charge is 0.247 e. The molecule has 1 fully saturated rings. The van der Waals surface area contributed by atoms with E-state index in [-0.39, 0.29) is 10.9 Å². The largest absolute Gasteiger partial charge is 0.495 e. The molecule has 2 heterocycles. The second kappa shape index (κ2) is 6.53. The molecule has 2 aromatic rings. The number of pyridine rings is 1.